The summed E-state index contributed by atoms with van der Waals surface area (Å²) in [4.78, 5) is 29.5. The highest BCUT2D eigenvalue weighted by Gasteiger charge is 2.17. The number of benzene rings is 3. The van der Waals surface area contributed by atoms with Crippen molar-refractivity contribution in [2.24, 2.45) is 0 Å². The molecule has 34 heavy (non-hydrogen) atoms. The van der Waals surface area contributed by atoms with E-state index in [2.05, 4.69) is 15.6 Å². The zero-order valence-electron chi connectivity index (χ0n) is 18.7. The molecule has 2 amide bonds. The number of carbonyl (C=O) groups excluding carboxylic acids is 2. The normalized spacial score (nSPS) is 11.5. The van der Waals surface area contributed by atoms with Crippen LogP contribution in [-0.2, 0) is 0 Å². The summed E-state index contributed by atoms with van der Waals surface area (Å²) in [5.74, 6) is -0.574. The van der Waals surface area contributed by atoms with Crippen molar-refractivity contribution in [1.82, 2.24) is 10.3 Å². The summed E-state index contributed by atoms with van der Waals surface area (Å²) in [6.45, 7) is 1.68. The minimum absolute atomic E-state index is 0.263. The van der Waals surface area contributed by atoms with E-state index in [1.54, 1.807) is 48.8 Å². The highest BCUT2D eigenvalue weighted by Crippen LogP contribution is 2.20. The number of nitrogens with zero attached hydrogens (tertiary/aromatic N) is 1. The lowest BCUT2D eigenvalue weighted by molar-refractivity contribution is 0.0916. The number of aliphatic hydroxyl groups excluding tert-OH is 1. The molecule has 0 saturated heterocycles. The first-order valence-corrected chi connectivity index (χ1v) is 10.9. The lowest BCUT2D eigenvalue weighted by Gasteiger charge is -2.18. The molecule has 1 heterocycles. The molecule has 0 spiro atoms. The van der Waals surface area contributed by atoms with Crippen LogP contribution in [-0.4, -0.2) is 28.5 Å². The van der Waals surface area contributed by atoms with E-state index in [0.717, 1.165) is 16.7 Å². The highest BCUT2D eigenvalue weighted by atomic mass is 16.3. The van der Waals surface area contributed by atoms with Gasteiger partial charge in [0.25, 0.3) is 11.8 Å². The van der Waals surface area contributed by atoms with Gasteiger partial charge in [0.15, 0.2) is 0 Å². The zero-order chi connectivity index (χ0) is 23.9. The minimum Gasteiger partial charge on any atom is -0.394 e. The van der Waals surface area contributed by atoms with Crippen molar-refractivity contribution in [3.63, 3.8) is 0 Å². The van der Waals surface area contributed by atoms with E-state index in [1.807, 2.05) is 55.5 Å². The maximum Gasteiger partial charge on any atom is 0.255 e. The Morgan fingerprint density at radius 3 is 2.18 bits per heavy atom. The fourth-order valence-electron chi connectivity index (χ4n) is 3.57. The molecule has 1 atom stereocenters. The second-order valence-electron chi connectivity index (χ2n) is 7.97. The quantitative estimate of drug-likeness (QED) is 0.377. The van der Waals surface area contributed by atoms with Gasteiger partial charge in [-0.1, -0.05) is 42.0 Å². The molecule has 4 aromatic rings. The lowest BCUT2D eigenvalue weighted by atomic mass is 10.0. The molecule has 3 N–H and O–H groups in total. The number of rotatable bonds is 7. The third kappa shape index (κ3) is 5.54. The van der Waals surface area contributed by atoms with Gasteiger partial charge in [-0.05, 0) is 72.1 Å². The van der Waals surface area contributed by atoms with Crippen molar-refractivity contribution in [1.29, 1.82) is 0 Å². The summed E-state index contributed by atoms with van der Waals surface area (Å²) in [7, 11) is 0. The molecular formula is C28H25N3O3. The number of aliphatic hydroxyl groups is 1. The molecule has 0 fully saturated rings. The van der Waals surface area contributed by atoms with Crippen LogP contribution < -0.4 is 10.6 Å². The number of nitrogens with one attached hydrogen (secondary N) is 2. The lowest BCUT2D eigenvalue weighted by Crippen LogP contribution is -2.31. The molecule has 6 heteroatoms. The first kappa shape index (κ1) is 22.9. The van der Waals surface area contributed by atoms with Crippen LogP contribution in [0.4, 0.5) is 5.69 Å². The molecule has 3 aromatic carbocycles. The molecule has 0 aliphatic carbocycles. The molecule has 0 radical (unpaired) electrons. The van der Waals surface area contributed by atoms with Crippen molar-refractivity contribution in [3.8, 4) is 11.1 Å². The van der Waals surface area contributed by atoms with E-state index in [1.165, 1.54) is 0 Å². The Bertz CT molecular complexity index is 1270. The SMILES string of the molecule is Cc1ccc(NC(=O)c2cccc([C@@H](CO)NC(=O)c3ccc(-c4ccncc4)cc3)c2)cc1. The molecule has 0 saturated carbocycles. The second kappa shape index (κ2) is 10.6. The summed E-state index contributed by atoms with van der Waals surface area (Å²) in [5.41, 5.74) is 5.34. The van der Waals surface area contributed by atoms with Gasteiger partial charge in [0.1, 0.15) is 0 Å². The van der Waals surface area contributed by atoms with Crippen LogP contribution >= 0.6 is 0 Å². The van der Waals surface area contributed by atoms with E-state index in [9.17, 15) is 14.7 Å². The third-order valence-corrected chi connectivity index (χ3v) is 5.51. The number of pyridine rings is 1. The Morgan fingerprint density at radius 2 is 1.50 bits per heavy atom. The molecule has 4 rings (SSSR count). The van der Waals surface area contributed by atoms with Gasteiger partial charge in [0, 0.05) is 29.2 Å². The van der Waals surface area contributed by atoms with Gasteiger partial charge in [0.2, 0.25) is 0 Å². The van der Waals surface area contributed by atoms with Crippen molar-refractivity contribution < 1.29 is 14.7 Å². The first-order chi connectivity index (χ1) is 16.5. The summed E-state index contributed by atoms with van der Waals surface area (Å²) in [5, 5.41) is 15.6. The Labute approximate surface area is 198 Å². The van der Waals surface area contributed by atoms with Crippen molar-refractivity contribution in [2.45, 2.75) is 13.0 Å². The van der Waals surface area contributed by atoms with E-state index in [-0.39, 0.29) is 18.4 Å². The van der Waals surface area contributed by atoms with Gasteiger partial charge < -0.3 is 15.7 Å². The summed E-state index contributed by atoms with van der Waals surface area (Å²) in [6.07, 6.45) is 3.44. The van der Waals surface area contributed by atoms with Gasteiger partial charge in [-0.25, -0.2) is 0 Å². The fraction of sp³-hybridized carbons (Fsp3) is 0.107. The van der Waals surface area contributed by atoms with Crippen molar-refractivity contribution in [2.75, 3.05) is 11.9 Å². The van der Waals surface area contributed by atoms with Crippen LogP contribution in [0.1, 0.15) is 37.9 Å². The maximum absolute atomic E-state index is 12.8. The Balaban J connectivity index is 1.45. The molecule has 1 aromatic heterocycles. The average Bonchev–Trinajstić information content (AvgIpc) is 2.89. The average molecular weight is 452 g/mol. The van der Waals surface area contributed by atoms with E-state index >= 15 is 0 Å². The topological polar surface area (TPSA) is 91.3 Å². The molecule has 170 valence electrons. The van der Waals surface area contributed by atoms with Gasteiger partial charge in [-0.2, -0.15) is 0 Å². The van der Waals surface area contributed by atoms with Crippen LogP contribution in [0.3, 0.4) is 0 Å². The highest BCUT2D eigenvalue weighted by molar-refractivity contribution is 6.04. The predicted molar refractivity (Wildman–Crippen MR) is 133 cm³/mol. The van der Waals surface area contributed by atoms with Gasteiger partial charge in [-0.3, -0.25) is 14.6 Å². The molecule has 0 aliphatic heterocycles. The van der Waals surface area contributed by atoms with Crippen LogP contribution in [0.15, 0.2) is 97.3 Å². The molecule has 0 bridgehead atoms. The summed E-state index contributed by atoms with van der Waals surface area (Å²) in [6, 6.07) is 24.8. The number of amides is 2. The summed E-state index contributed by atoms with van der Waals surface area (Å²) >= 11 is 0. The minimum atomic E-state index is -0.653. The number of anilines is 1. The van der Waals surface area contributed by atoms with Gasteiger partial charge >= 0.3 is 0 Å². The van der Waals surface area contributed by atoms with E-state index in [0.29, 0.717) is 22.4 Å². The first-order valence-electron chi connectivity index (χ1n) is 10.9. The predicted octanol–water partition coefficient (Wildman–Crippen LogP) is 4.77. The summed E-state index contributed by atoms with van der Waals surface area (Å²) < 4.78 is 0. The number of hydrogen-bond acceptors (Lipinski definition) is 4. The Hall–Kier alpha value is -4.29. The second-order valence-corrected chi connectivity index (χ2v) is 7.97. The third-order valence-electron chi connectivity index (χ3n) is 5.51. The van der Waals surface area contributed by atoms with E-state index in [4.69, 9.17) is 0 Å². The molecule has 0 aliphatic rings. The van der Waals surface area contributed by atoms with Crippen LogP contribution in [0.25, 0.3) is 11.1 Å². The van der Waals surface area contributed by atoms with Crippen LogP contribution in [0.2, 0.25) is 0 Å². The number of hydrogen-bond donors (Lipinski definition) is 3. The zero-order valence-corrected chi connectivity index (χ0v) is 18.7. The van der Waals surface area contributed by atoms with E-state index < -0.39 is 6.04 Å². The Kier molecular flexibility index (Phi) is 7.10. The number of carbonyl (C=O) groups is 2. The van der Waals surface area contributed by atoms with Gasteiger partial charge in [-0.15, -0.1) is 0 Å². The number of aromatic nitrogens is 1. The fourth-order valence-corrected chi connectivity index (χ4v) is 3.57. The van der Waals surface area contributed by atoms with Gasteiger partial charge in [0.05, 0.1) is 12.6 Å². The van der Waals surface area contributed by atoms with Crippen molar-refractivity contribution >= 4 is 17.5 Å². The molecule has 0 unspecified atom stereocenters. The Morgan fingerprint density at radius 1 is 0.824 bits per heavy atom. The van der Waals surface area contributed by atoms with Crippen LogP contribution in [0.5, 0.6) is 0 Å². The maximum atomic E-state index is 12.8. The smallest absolute Gasteiger partial charge is 0.255 e. The largest absolute Gasteiger partial charge is 0.394 e. The monoisotopic (exact) mass is 451 g/mol. The standard InChI is InChI=1S/C28H25N3O3/c1-19-5-11-25(12-6-19)30-28(34)24-4-2-3-23(17-24)26(18-32)31-27(33)22-9-7-20(8-10-22)21-13-15-29-16-14-21/h2-17,26,32H,18H2,1H3,(H,30,34)(H,31,33)/t26-/m1/s1. The molecular weight excluding hydrogens is 426 g/mol. The van der Waals surface area contributed by atoms with Crippen LogP contribution in [0, 0.1) is 6.92 Å². The van der Waals surface area contributed by atoms with Crippen molar-refractivity contribution in [3.05, 3.63) is 120 Å². The molecule has 6 nitrogen and oxygen atoms in total. The number of aryl methyl sites for hydroxylation is 1.